The van der Waals surface area contributed by atoms with Crippen LogP contribution in [-0.4, -0.2) is 94.1 Å². The largest absolute Gasteiger partial charge is 0.0721 e. The maximum atomic E-state index is 3.02. The lowest BCUT2D eigenvalue weighted by Gasteiger charge is -2.79. The molecule has 0 aromatic rings. The molecule has 0 rings (SSSR count). The first kappa shape index (κ1) is 42.8. The summed E-state index contributed by atoms with van der Waals surface area (Å²) in [5.41, 5.74) is 0. The van der Waals surface area contributed by atoms with E-state index < -0.39 is 94.1 Å². The Morgan fingerprint density at radius 3 is 0.300 bits per heavy atom. The van der Waals surface area contributed by atoms with E-state index in [-0.39, 0.29) is 0 Å². The molecule has 0 atom stereocenters. The van der Waals surface area contributed by atoms with E-state index in [4.69, 9.17) is 0 Å². The molecule has 40 heavy (non-hydrogen) atoms. The van der Waals surface area contributed by atoms with E-state index >= 15 is 0 Å². The Hall–Kier alpha value is 2.82. The topological polar surface area (TPSA) is 0 Å². The molecule has 0 fully saturated rings. The third-order valence-corrected chi connectivity index (χ3v) is 364. The molecule has 0 aromatic carbocycles. The van der Waals surface area contributed by atoms with Crippen molar-refractivity contribution in [1.82, 2.24) is 0 Å². The molecule has 0 spiro atoms. The molecule has 241 valence electrons. The van der Waals surface area contributed by atoms with E-state index in [0.29, 0.717) is 0 Å². The molecule has 0 bridgehead atoms. The molecular weight excluding hydrogens is 689 g/mol. The van der Waals surface area contributed by atoms with Gasteiger partial charge in [0.1, 0.15) is 0 Å². The summed E-state index contributed by atoms with van der Waals surface area (Å²) in [6.07, 6.45) is -4.83. The Labute approximate surface area is 268 Å². The zero-order chi connectivity index (χ0) is 33.6. The van der Waals surface area contributed by atoms with E-state index in [1.807, 2.05) is 0 Å². The van der Waals surface area contributed by atoms with Crippen LogP contribution in [-0.2, 0) is 0 Å². The van der Waals surface area contributed by atoms with Crippen molar-refractivity contribution >= 4 is 94.1 Å². The molecule has 0 N–H and O–H groups in total. The predicted molar refractivity (Wildman–Crippen MR) is 233 cm³/mol. The molecule has 0 heterocycles. The van der Waals surface area contributed by atoms with Crippen LogP contribution in [0.25, 0.3) is 0 Å². The van der Waals surface area contributed by atoms with Gasteiger partial charge in [0, 0.05) is 94.1 Å². The molecule has 0 nitrogen and oxygen atoms in total. The highest BCUT2D eigenvalue weighted by atomic mass is 30.6. The summed E-state index contributed by atoms with van der Waals surface area (Å²) in [5, 5.41) is 0. The summed E-state index contributed by atoms with van der Waals surface area (Å²) < 4.78 is 0. The average Bonchev–Trinajstić information content (AvgIpc) is 2.41. The standard InChI is InChI=1S/C27H81Si13/c1-29(2,3)38(30(4,5)6,31(7,8)9)28(39(32(10,11)12,33(13,14)15)34(16,17)18)40(35(19,20)21,36(22,23)24)37(25,26)27/h1-27H3. The fourth-order valence-corrected chi connectivity index (χ4v) is 752. The predicted octanol–water partition coefficient (Wildman–Crippen LogP) is 10.8. The highest BCUT2D eigenvalue weighted by Crippen LogP contribution is 2.55. The molecule has 1 radical (unpaired) electrons. The maximum Gasteiger partial charge on any atom is 0.0305 e. The van der Waals surface area contributed by atoms with Gasteiger partial charge in [0.25, 0.3) is 0 Å². The smallest absolute Gasteiger partial charge is 0.0305 e. The molecule has 0 aromatic heterocycles. The van der Waals surface area contributed by atoms with Gasteiger partial charge in [0.05, 0.1) is 0 Å². The summed E-state index contributed by atoms with van der Waals surface area (Å²) in [7, 11) is -13.6. The van der Waals surface area contributed by atoms with Gasteiger partial charge in [-0.2, -0.15) is 0 Å². The minimum Gasteiger partial charge on any atom is -0.0721 e. The van der Waals surface area contributed by atoms with Gasteiger partial charge >= 0.3 is 0 Å². The third kappa shape index (κ3) is 6.24. The van der Waals surface area contributed by atoms with Crippen molar-refractivity contribution in [3.05, 3.63) is 0 Å². The van der Waals surface area contributed by atoms with E-state index in [1.165, 1.54) is 0 Å². The number of hydrogen-bond acceptors (Lipinski definition) is 0. The van der Waals surface area contributed by atoms with Gasteiger partial charge < -0.3 is 0 Å². The first-order chi connectivity index (χ1) is 16.6. The van der Waals surface area contributed by atoms with E-state index in [9.17, 15) is 0 Å². The average molecular weight is 771 g/mol. The lowest BCUT2D eigenvalue weighted by atomic mass is 11.8. The van der Waals surface area contributed by atoms with E-state index in [0.717, 1.165) is 0 Å². The quantitative estimate of drug-likeness (QED) is 0.173. The monoisotopic (exact) mass is 769 g/mol. The lowest BCUT2D eigenvalue weighted by molar-refractivity contribution is 1.74. The fraction of sp³-hybridized carbons (Fsp3) is 1.00. The molecular formula is C27H81Si13. The van der Waals surface area contributed by atoms with Gasteiger partial charge in [-0.15, -0.1) is 0 Å². The summed E-state index contributed by atoms with van der Waals surface area (Å²) in [6, 6.07) is 0. The second kappa shape index (κ2) is 11.5. The van der Waals surface area contributed by atoms with Crippen molar-refractivity contribution in [3.8, 4) is 0 Å². The summed E-state index contributed by atoms with van der Waals surface area (Å²) in [5.74, 6) is 0. The van der Waals surface area contributed by atoms with Crippen LogP contribution < -0.4 is 0 Å². The minimum absolute atomic E-state index is 0.481. The van der Waals surface area contributed by atoms with Crippen molar-refractivity contribution in [2.75, 3.05) is 0 Å². The summed E-state index contributed by atoms with van der Waals surface area (Å²) in [4.78, 5) is 0. The van der Waals surface area contributed by atoms with E-state index in [2.05, 4.69) is 177 Å². The van der Waals surface area contributed by atoms with Crippen LogP contribution in [0.15, 0.2) is 0 Å². The van der Waals surface area contributed by atoms with Crippen LogP contribution in [0.1, 0.15) is 0 Å². The Kier molecular flexibility index (Phi) is 12.3. The highest BCUT2D eigenvalue weighted by molar-refractivity contribution is 8.37. The second-order valence-electron chi connectivity index (χ2n) is 22.9. The molecule has 0 aliphatic rings. The Bertz CT molecular complexity index is 652. The van der Waals surface area contributed by atoms with Crippen LogP contribution in [0.5, 0.6) is 0 Å². The van der Waals surface area contributed by atoms with Crippen LogP contribution in [0, 0.1) is 0 Å². The molecule has 13 heteroatoms. The highest BCUT2D eigenvalue weighted by Gasteiger charge is 2.84. The normalized spacial score (nSPS) is 17.1. The molecule has 0 amide bonds. The SMILES string of the molecule is C[Si](C)(C)[Si]([Si]([Si]([Si](C)(C)C)([Si](C)(C)C)[Si](C)(C)C)[Si]([Si](C)(C)C)([Si](C)(C)C)[Si](C)(C)C)([Si](C)(C)C)[Si](C)(C)C. The van der Waals surface area contributed by atoms with Crippen LogP contribution in [0.2, 0.25) is 177 Å². The van der Waals surface area contributed by atoms with Crippen molar-refractivity contribution in [1.29, 1.82) is 0 Å². The van der Waals surface area contributed by atoms with Crippen LogP contribution >= 0.6 is 0 Å². The number of rotatable bonds is 12. The van der Waals surface area contributed by atoms with Crippen molar-refractivity contribution < 1.29 is 0 Å². The Morgan fingerprint density at radius 1 is 0.175 bits per heavy atom. The van der Waals surface area contributed by atoms with Crippen LogP contribution in [0.4, 0.5) is 0 Å². The zero-order valence-corrected chi connectivity index (χ0v) is 46.5. The van der Waals surface area contributed by atoms with Gasteiger partial charge in [-0.1, -0.05) is 177 Å². The van der Waals surface area contributed by atoms with Gasteiger partial charge in [-0.3, -0.25) is 0 Å². The Balaban J connectivity index is 10.1. The summed E-state index contributed by atoms with van der Waals surface area (Å²) >= 11 is 0. The molecule has 0 unspecified atom stereocenters. The minimum atomic E-state index is -1.61. The lowest BCUT2D eigenvalue weighted by Crippen LogP contribution is -3.11. The van der Waals surface area contributed by atoms with Gasteiger partial charge in [-0.05, 0) is 0 Å². The van der Waals surface area contributed by atoms with Crippen molar-refractivity contribution in [2.24, 2.45) is 0 Å². The summed E-state index contributed by atoms with van der Waals surface area (Å²) in [6.45, 7) is 81.6. The van der Waals surface area contributed by atoms with Gasteiger partial charge in [-0.25, -0.2) is 0 Å². The maximum absolute atomic E-state index is 3.02. The van der Waals surface area contributed by atoms with Gasteiger partial charge in [0.15, 0.2) is 0 Å². The zero-order valence-electron chi connectivity index (χ0n) is 33.5. The fourth-order valence-electron chi connectivity index (χ4n) is 14.3. The van der Waals surface area contributed by atoms with Crippen molar-refractivity contribution in [2.45, 2.75) is 177 Å². The molecule has 0 saturated carbocycles. The first-order valence-electron chi connectivity index (χ1n) is 16.5. The molecule has 0 saturated heterocycles. The first-order valence-corrected chi connectivity index (χ1v) is 67.5. The van der Waals surface area contributed by atoms with Gasteiger partial charge in [0.2, 0.25) is 0 Å². The van der Waals surface area contributed by atoms with E-state index in [1.54, 1.807) is 0 Å². The number of hydrogen-bond donors (Lipinski definition) is 0. The third-order valence-electron chi connectivity index (χ3n) is 11.2. The molecule has 0 aliphatic carbocycles. The van der Waals surface area contributed by atoms with Crippen LogP contribution in [0.3, 0.4) is 0 Å². The molecule has 0 aliphatic heterocycles. The Morgan fingerprint density at radius 2 is 0.250 bits per heavy atom. The van der Waals surface area contributed by atoms with Crippen molar-refractivity contribution in [3.63, 3.8) is 0 Å². The second-order valence-corrected chi connectivity index (χ2v) is 172.